The first kappa shape index (κ1) is 13.0. The van der Waals surface area contributed by atoms with Crippen molar-refractivity contribution in [3.05, 3.63) is 34.1 Å². The van der Waals surface area contributed by atoms with E-state index in [2.05, 4.69) is 15.9 Å². The van der Waals surface area contributed by atoms with E-state index in [9.17, 15) is 14.0 Å². The second-order valence-electron chi connectivity index (χ2n) is 4.23. The summed E-state index contributed by atoms with van der Waals surface area (Å²) in [7, 11) is 0. The third-order valence-corrected chi connectivity index (χ3v) is 3.84. The maximum atomic E-state index is 13.3. The van der Waals surface area contributed by atoms with Crippen LogP contribution in [-0.4, -0.2) is 28.4 Å². The van der Waals surface area contributed by atoms with Gasteiger partial charge in [-0.25, -0.2) is 4.39 Å². The number of carbonyl (C=O) groups is 2. The van der Waals surface area contributed by atoms with Crippen molar-refractivity contribution >= 4 is 27.8 Å². The molecule has 1 aliphatic rings. The number of carboxylic acids is 1. The number of rotatable bonds is 3. The lowest BCUT2D eigenvalue weighted by atomic mass is 10.1. The first-order chi connectivity index (χ1) is 8.49. The molecule has 96 valence electrons. The highest BCUT2D eigenvalue weighted by molar-refractivity contribution is 9.10. The highest BCUT2D eigenvalue weighted by atomic mass is 79.9. The average Bonchev–Trinajstić information content (AvgIpc) is 2.67. The monoisotopic (exact) mass is 315 g/mol. The van der Waals surface area contributed by atoms with Crippen LogP contribution in [-0.2, 0) is 16.1 Å². The molecular weight excluding hydrogens is 305 g/mol. The van der Waals surface area contributed by atoms with Crippen LogP contribution >= 0.6 is 15.9 Å². The summed E-state index contributed by atoms with van der Waals surface area (Å²) in [6.07, 6.45) is 0.0161. The molecule has 1 saturated heterocycles. The van der Waals surface area contributed by atoms with E-state index in [1.54, 1.807) is 12.1 Å². The maximum Gasteiger partial charge on any atom is 0.308 e. The summed E-state index contributed by atoms with van der Waals surface area (Å²) in [6.45, 7) is 0.401. The minimum atomic E-state index is -0.968. The molecular formula is C12H11BrFNO3. The third kappa shape index (κ3) is 2.53. The van der Waals surface area contributed by atoms with Crippen LogP contribution < -0.4 is 0 Å². The second kappa shape index (κ2) is 5.06. The molecule has 1 unspecified atom stereocenters. The summed E-state index contributed by atoms with van der Waals surface area (Å²) in [5, 5.41) is 8.87. The van der Waals surface area contributed by atoms with Crippen LogP contribution in [0, 0.1) is 11.7 Å². The largest absolute Gasteiger partial charge is 0.481 e. The topological polar surface area (TPSA) is 57.6 Å². The Morgan fingerprint density at radius 3 is 2.89 bits per heavy atom. The lowest BCUT2D eigenvalue weighted by Gasteiger charge is -2.17. The molecule has 0 bridgehead atoms. The molecule has 1 fully saturated rings. The number of carbonyl (C=O) groups excluding carboxylic acids is 1. The molecule has 2 rings (SSSR count). The van der Waals surface area contributed by atoms with E-state index < -0.39 is 17.7 Å². The number of hydrogen-bond acceptors (Lipinski definition) is 2. The number of halogens is 2. The molecule has 1 aromatic carbocycles. The molecule has 1 heterocycles. The minimum absolute atomic E-state index is 0.0161. The first-order valence-corrected chi connectivity index (χ1v) is 6.22. The van der Waals surface area contributed by atoms with E-state index in [0.717, 1.165) is 0 Å². The van der Waals surface area contributed by atoms with E-state index in [1.165, 1.54) is 11.0 Å². The van der Waals surface area contributed by atoms with Gasteiger partial charge in [-0.05, 0) is 27.6 Å². The summed E-state index contributed by atoms with van der Waals surface area (Å²) in [6, 6.07) is 4.58. The molecule has 1 atom stereocenters. The van der Waals surface area contributed by atoms with E-state index in [0.29, 0.717) is 10.0 Å². The molecule has 0 saturated carbocycles. The summed E-state index contributed by atoms with van der Waals surface area (Å²) >= 11 is 3.12. The smallest absolute Gasteiger partial charge is 0.308 e. The van der Waals surface area contributed by atoms with Gasteiger partial charge >= 0.3 is 5.97 Å². The van der Waals surface area contributed by atoms with Crippen molar-refractivity contribution in [3.8, 4) is 0 Å². The lowest BCUT2D eigenvalue weighted by molar-refractivity contribution is -0.141. The fraction of sp³-hybridized carbons (Fsp3) is 0.333. The zero-order valence-electron chi connectivity index (χ0n) is 9.40. The zero-order valence-corrected chi connectivity index (χ0v) is 11.0. The Hall–Kier alpha value is -1.43. The summed E-state index contributed by atoms with van der Waals surface area (Å²) in [5.74, 6) is -2.23. The van der Waals surface area contributed by atoms with Crippen molar-refractivity contribution in [2.75, 3.05) is 6.54 Å². The van der Waals surface area contributed by atoms with Gasteiger partial charge in [-0.1, -0.05) is 12.1 Å². The molecule has 1 amide bonds. The number of carboxylic acid groups (broad SMARTS) is 1. The Balaban J connectivity index is 2.13. The van der Waals surface area contributed by atoms with E-state index in [1.807, 2.05) is 0 Å². The first-order valence-electron chi connectivity index (χ1n) is 5.42. The van der Waals surface area contributed by atoms with Crippen LogP contribution in [0.25, 0.3) is 0 Å². The quantitative estimate of drug-likeness (QED) is 0.928. The Bertz CT molecular complexity index is 506. The molecule has 0 spiro atoms. The van der Waals surface area contributed by atoms with Crippen molar-refractivity contribution in [3.63, 3.8) is 0 Å². The van der Waals surface area contributed by atoms with Crippen LogP contribution in [0.2, 0.25) is 0 Å². The number of benzene rings is 1. The predicted octanol–water partition coefficient (Wildman–Crippen LogP) is 2.02. The van der Waals surface area contributed by atoms with Gasteiger partial charge in [-0.3, -0.25) is 9.59 Å². The Morgan fingerprint density at radius 1 is 1.56 bits per heavy atom. The number of hydrogen-bond donors (Lipinski definition) is 1. The number of nitrogens with zero attached hydrogens (tertiary/aromatic N) is 1. The highest BCUT2D eigenvalue weighted by Gasteiger charge is 2.34. The van der Waals surface area contributed by atoms with Crippen molar-refractivity contribution in [2.24, 2.45) is 5.92 Å². The van der Waals surface area contributed by atoms with Gasteiger partial charge in [0, 0.05) is 19.5 Å². The standard InChI is InChI=1S/C12H11BrFNO3/c13-11-7(2-1-3-9(11)14)5-15-6-8(12(17)18)4-10(15)16/h1-3,8H,4-6H2,(H,17,18). The number of aliphatic carboxylic acids is 1. The van der Waals surface area contributed by atoms with Gasteiger partial charge in [0.1, 0.15) is 5.82 Å². The van der Waals surface area contributed by atoms with Crippen molar-refractivity contribution in [2.45, 2.75) is 13.0 Å². The van der Waals surface area contributed by atoms with Gasteiger partial charge in [0.05, 0.1) is 10.4 Å². The van der Waals surface area contributed by atoms with Crippen LogP contribution in [0.15, 0.2) is 22.7 Å². The molecule has 0 aromatic heterocycles. The van der Waals surface area contributed by atoms with E-state index >= 15 is 0 Å². The van der Waals surface area contributed by atoms with Crippen LogP contribution in [0.4, 0.5) is 4.39 Å². The summed E-state index contributed by atoms with van der Waals surface area (Å²) in [4.78, 5) is 23.9. The van der Waals surface area contributed by atoms with Crippen LogP contribution in [0.1, 0.15) is 12.0 Å². The summed E-state index contributed by atoms with van der Waals surface area (Å²) < 4.78 is 13.6. The van der Waals surface area contributed by atoms with Crippen molar-refractivity contribution in [1.82, 2.24) is 4.90 Å². The van der Waals surface area contributed by atoms with Crippen molar-refractivity contribution in [1.29, 1.82) is 0 Å². The number of likely N-dealkylation sites (tertiary alicyclic amines) is 1. The van der Waals surface area contributed by atoms with Crippen LogP contribution in [0.3, 0.4) is 0 Å². The fourth-order valence-corrected chi connectivity index (χ4v) is 2.36. The molecule has 1 aromatic rings. The normalized spacial score (nSPS) is 19.3. The van der Waals surface area contributed by atoms with Gasteiger partial charge in [-0.15, -0.1) is 0 Å². The molecule has 0 aliphatic carbocycles. The molecule has 6 heteroatoms. The van der Waals surface area contributed by atoms with Gasteiger partial charge in [0.25, 0.3) is 0 Å². The lowest BCUT2D eigenvalue weighted by Crippen LogP contribution is -2.26. The molecule has 1 aliphatic heterocycles. The maximum absolute atomic E-state index is 13.3. The Labute approximate surface area is 112 Å². The molecule has 4 nitrogen and oxygen atoms in total. The Morgan fingerprint density at radius 2 is 2.28 bits per heavy atom. The van der Waals surface area contributed by atoms with E-state index in [4.69, 9.17) is 5.11 Å². The van der Waals surface area contributed by atoms with E-state index in [-0.39, 0.29) is 25.4 Å². The number of amides is 1. The molecule has 18 heavy (non-hydrogen) atoms. The highest BCUT2D eigenvalue weighted by Crippen LogP contribution is 2.25. The zero-order chi connectivity index (χ0) is 13.3. The molecule has 0 radical (unpaired) electrons. The molecule has 1 N–H and O–H groups in total. The van der Waals surface area contributed by atoms with Gasteiger partial charge in [0.15, 0.2) is 0 Å². The van der Waals surface area contributed by atoms with Gasteiger partial charge < -0.3 is 10.0 Å². The fourth-order valence-electron chi connectivity index (χ4n) is 1.97. The SMILES string of the molecule is O=C(O)C1CC(=O)N(Cc2cccc(F)c2Br)C1. The average molecular weight is 316 g/mol. The van der Waals surface area contributed by atoms with Crippen molar-refractivity contribution < 1.29 is 19.1 Å². The van der Waals surface area contributed by atoms with Gasteiger partial charge in [0.2, 0.25) is 5.91 Å². The summed E-state index contributed by atoms with van der Waals surface area (Å²) in [5.41, 5.74) is 0.634. The Kier molecular flexibility index (Phi) is 3.65. The van der Waals surface area contributed by atoms with Crippen LogP contribution in [0.5, 0.6) is 0 Å². The minimum Gasteiger partial charge on any atom is -0.481 e. The third-order valence-electron chi connectivity index (χ3n) is 2.96. The van der Waals surface area contributed by atoms with Gasteiger partial charge in [-0.2, -0.15) is 0 Å². The predicted molar refractivity (Wildman–Crippen MR) is 65.3 cm³/mol. The second-order valence-corrected chi connectivity index (χ2v) is 5.02.